The molecule has 0 unspecified atom stereocenters. The standard InChI is InChI=1S/C21H22Cl2N4O2S/c1-4-27-19(11-29-18-6-5-15(22)10-17(18)23)25-26-21(27)30-12-20(28)24-16-8-13(2)7-14(3)9-16/h5-10H,4,11-12H2,1-3H3,(H,24,28). The smallest absolute Gasteiger partial charge is 0.234 e. The van der Waals surface area contributed by atoms with Gasteiger partial charge in [-0.15, -0.1) is 10.2 Å². The molecule has 0 aliphatic rings. The van der Waals surface area contributed by atoms with E-state index in [1.54, 1.807) is 18.2 Å². The molecule has 2 aromatic carbocycles. The molecule has 9 heteroatoms. The first kappa shape index (κ1) is 22.5. The Balaban J connectivity index is 1.60. The van der Waals surface area contributed by atoms with Gasteiger partial charge in [0, 0.05) is 17.3 Å². The van der Waals surface area contributed by atoms with Crippen LogP contribution in [0.4, 0.5) is 5.69 Å². The van der Waals surface area contributed by atoms with Crippen LogP contribution in [-0.2, 0) is 17.9 Å². The van der Waals surface area contributed by atoms with E-state index in [1.165, 1.54) is 11.8 Å². The van der Waals surface area contributed by atoms with Crippen molar-refractivity contribution < 1.29 is 9.53 Å². The number of hydrogen-bond acceptors (Lipinski definition) is 5. The molecule has 0 aliphatic heterocycles. The van der Waals surface area contributed by atoms with Gasteiger partial charge >= 0.3 is 0 Å². The van der Waals surface area contributed by atoms with Crippen molar-refractivity contribution in [1.29, 1.82) is 0 Å². The highest BCUT2D eigenvalue weighted by molar-refractivity contribution is 7.99. The molecule has 1 amide bonds. The Bertz CT molecular complexity index is 1040. The lowest BCUT2D eigenvalue weighted by molar-refractivity contribution is -0.113. The highest BCUT2D eigenvalue weighted by atomic mass is 35.5. The molecule has 0 fully saturated rings. The second-order valence-corrected chi connectivity index (χ2v) is 8.51. The SMILES string of the molecule is CCn1c(COc2ccc(Cl)cc2Cl)nnc1SCC(=O)Nc1cc(C)cc(C)c1. The molecule has 3 aromatic rings. The summed E-state index contributed by atoms with van der Waals surface area (Å²) in [6.07, 6.45) is 0. The van der Waals surface area contributed by atoms with Crippen molar-refractivity contribution >= 4 is 46.6 Å². The van der Waals surface area contributed by atoms with Crippen LogP contribution in [0, 0.1) is 13.8 Å². The van der Waals surface area contributed by atoms with Crippen LogP contribution in [0.2, 0.25) is 10.0 Å². The zero-order valence-electron chi connectivity index (χ0n) is 16.9. The van der Waals surface area contributed by atoms with E-state index in [0.29, 0.717) is 33.3 Å². The number of nitrogens with one attached hydrogen (secondary N) is 1. The fourth-order valence-corrected chi connectivity index (χ4v) is 4.24. The van der Waals surface area contributed by atoms with Gasteiger partial charge in [-0.3, -0.25) is 4.79 Å². The van der Waals surface area contributed by atoms with E-state index in [4.69, 9.17) is 27.9 Å². The lowest BCUT2D eigenvalue weighted by Gasteiger charge is -2.10. The molecule has 1 N–H and O–H groups in total. The Kier molecular flexibility index (Phi) is 7.64. The van der Waals surface area contributed by atoms with Gasteiger partial charge in [0.25, 0.3) is 0 Å². The third-order valence-corrected chi connectivity index (χ3v) is 5.70. The van der Waals surface area contributed by atoms with Crippen LogP contribution in [0.15, 0.2) is 41.6 Å². The van der Waals surface area contributed by atoms with Gasteiger partial charge in [-0.2, -0.15) is 0 Å². The lowest BCUT2D eigenvalue weighted by Crippen LogP contribution is -2.15. The van der Waals surface area contributed by atoms with Crippen LogP contribution in [0.1, 0.15) is 23.9 Å². The Morgan fingerprint density at radius 1 is 1.13 bits per heavy atom. The molecular weight excluding hydrogens is 443 g/mol. The molecule has 0 radical (unpaired) electrons. The molecule has 0 bridgehead atoms. The maximum absolute atomic E-state index is 12.4. The van der Waals surface area contributed by atoms with E-state index >= 15 is 0 Å². The van der Waals surface area contributed by atoms with E-state index in [0.717, 1.165) is 16.8 Å². The molecule has 0 spiro atoms. The maximum atomic E-state index is 12.4. The Morgan fingerprint density at radius 2 is 1.87 bits per heavy atom. The minimum atomic E-state index is -0.0959. The highest BCUT2D eigenvalue weighted by Crippen LogP contribution is 2.28. The molecule has 3 rings (SSSR count). The minimum Gasteiger partial charge on any atom is -0.484 e. The number of carbonyl (C=O) groups is 1. The molecule has 0 aliphatic carbocycles. The summed E-state index contributed by atoms with van der Waals surface area (Å²) in [4.78, 5) is 12.4. The van der Waals surface area contributed by atoms with Gasteiger partial charge in [0.05, 0.1) is 10.8 Å². The Labute approximate surface area is 189 Å². The van der Waals surface area contributed by atoms with Crippen molar-refractivity contribution in [2.45, 2.75) is 39.1 Å². The second kappa shape index (κ2) is 10.2. The zero-order chi connectivity index (χ0) is 21.7. The quantitative estimate of drug-likeness (QED) is 0.443. The van der Waals surface area contributed by atoms with Crippen molar-refractivity contribution in [3.8, 4) is 5.75 Å². The molecule has 158 valence electrons. The monoisotopic (exact) mass is 464 g/mol. The molecule has 1 aromatic heterocycles. The van der Waals surface area contributed by atoms with Gasteiger partial charge in [0.15, 0.2) is 11.0 Å². The first-order valence-corrected chi connectivity index (χ1v) is 11.1. The van der Waals surface area contributed by atoms with Crippen molar-refractivity contribution in [3.63, 3.8) is 0 Å². The second-order valence-electron chi connectivity index (χ2n) is 6.72. The number of nitrogens with zero attached hydrogens (tertiary/aromatic N) is 3. The molecule has 0 atom stereocenters. The summed E-state index contributed by atoms with van der Waals surface area (Å²) in [6.45, 7) is 6.85. The molecule has 30 heavy (non-hydrogen) atoms. The molecule has 0 saturated heterocycles. The predicted octanol–water partition coefficient (Wildman–Crippen LogP) is 5.53. The first-order valence-electron chi connectivity index (χ1n) is 9.36. The zero-order valence-corrected chi connectivity index (χ0v) is 19.2. The van der Waals surface area contributed by atoms with E-state index < -0.39 is 0 Å². The third kappa shape index (κ3) is 5.90. The van der Waals surface area contributed by atoms with Crippen LogP contribution < -0.4 is 10.1 Å². The normalized spacial score (nSPS) is 10.8. The third-order valence-electron chi connectivity index (χ3n) is 4.20. The summed E-state index contributed by atoms with van der Waals surface area (Å²) >= 11 is 13.4. The highest BCUT2D eigenvalue weighted by Gasteiger charge is 2.14. The number of rotatable bonds is 8. The molecule has 0 saturated carbocycles. The summed E-state index contributed by atoms with van der Waals surface area (Å²) in [6, 6.07) is 11.0. The van der Waals surface area contributed by atoms with Gasteiger partial charge in [-0.25, -0.2) is 0 Å². The fraction of sp³-hybridized carbons (Fsp3) is 0.286. The number of anilines is 1. The average molecular weight is 465 g/mol. The van der Waals surface area contributed by atoms with Crippen molar-refractivity contribution in [3.05, 3.63) is 63.4 Å². The van der Waals surface area contributed by atoms with Crippen LogP contribution >= 0.6 is 35.0 Å². The van der Waals surface area contributed by atoms with Crippen LogP contribution in [0.3, 0.4) is 0 Å². The maximum Gasteiger partial charge on any atom is 0.234 e. The van der Waals surface area contributed by atoms with Crippen LogP contribution in [0.25, 0.3) is 0 Å². The number of amides is 1. The largest absolute Gasteiger partial charge is 0.484 e. The van der Waals surface area contributed by atoms with E-state index in [2.05, 4.69) is 21.6 Å². The van der Waals surface area contributed by atoms with Crippen molar-refractivity contribution in [2.24, 2.45) is 0 Å². The summed E-state index contributed by atoms with van der Waals surface area (Å²) in [7, 11) is 0. The lowest BCUT2D eigenvalue weighted by atomic mass is 10.1. The van der Waals surface area contributed by atoms with Crippen LogP contribution in [-0.4, -0.2) is 26.4 Å². The van der Waals surface area contributed by atoms with Crippen molar-refractivity contribution in [1.82, 2.24) is 14.8 Å². The molecular formula is C21H22Cl2N4O2S. The summed E-state index contributed by atoms with van der Waals surface area (Å²) < 4.78 is 7.67. The van der Waals surface area contributed by atoms with Gasteiger partial charge in [-0.05, 0) is 62.2 Å². The predicted molar refractivity (Wildman–Crippen MR) is 122 cm³/mol. The van der Waals surface area contributed by atoms with Crippen molar-refractivity contribution in [2.75, 3.05) is 11.1 Å². The van der Waals surface area contributed by atoms with E-state index in [1.807, 2.05) is 37.5 Å². The topological polar surface area (TPSA) is 69.0 Å². The van der Waals surface area contributed by atoms with Crippen LogP contribution in [0.5, 0.6) is 5.75 Å². The summed E-state index contributed by atoms with van der Waals surface area (Å²) in [5.41, 5.74) is 3.01. The summed E-state index contributed by atoms with van der Waals surface area (Å²) in [5.74, 6) is 1.31. The number of halogens is 2. The first-order chi connectivity index (χ1) is 14.4. The number of thioether (sulfide) groups is 1. The fourth-order valence-electron chi connectivity index (χ4n) is 2.96. The Hall–Kier alpha value is -2.22. The molecule has 6 nitrogen and oxygen atoms in total. The van der Waals surface area contributed by atoms with Gasteiger partial charge in [0.2, 0.25) is 5.91 Å². The Morgan fingerprint density at radius 3 is 2.53 bits per heavy atom. The number of aryl methyl sites for hydroxylation is 2. The number of ether oxygens (including phenoxy) is 1. The van der Waals surface area contributed by atoms with E-state index in [9.17, 15) is 4.79 Å². The molecule has 1 heterocycles. The number of hydrogen-bond donors (Lipinski definition) is 1. The summed E-state index contributed by atoms with van der Waals surface area (Å²) in [5, 5.41) is 13.0. The number of aromatic nitrogens is 3. The minimum absolute atomic E-state index is 0.0959. The van der Waals surface area contributed by atoms with E-state index in [-0.39, 0.29) is 18.3 Å². The number of carbonyl (C=O) groups excluding carboxylic acids is 1. The average Bonchev–Trinajstić information content (AvgIpc) is 3.06. The van der Waals surface area contributed by atoms with Gasteiger partial charge in [-0.1, -0.05) is 41.0 Å². The van der Waals surface area contributed by atoms with Gasteiger partial charge < -0.3 is 14.6 Å². The van der Waals surface area contributed by atoms with Gasteiger partial charge in [0.1, 0.15) is 12.4 Å². The number of benzene rings is 2.